The van der Waals surface area contributed by atoms with Crippen LogP contribution in [0, 0.1) is 0 Å². The van der Waals surface area contributed by atoms with Crippen molar-refractivity contribution in [3.63, 3.8) is 0 Å². The van der Waals surface area contributed by atoms with Gasteiger partial charge in [-0.2, -0.15) is 8.78 Å². The third-order valence-electron chi connectivity index (χ3n) is 2.13. The van der Waals surface area contributed by atoms with Crippen LogP contribution in [0.25, 0.3) is 0 Å². The fourth-order valence-corrected chi connectivity index (χ4v) is 1.47. The standard InChI is InChI=1S/C12H12ClF4NO2/c1-6(2)20-9-4-3-7(5-8(9)13)18-11(19)12(16,17)10(14)15/h3-6,10H,1-2H3,(H,18,19). The van der Waals surface area contributed by atoms with Crippen LogP contribution in [-0.2, 0) is 4.79 Å². The summed E-state index contributed by atoms with van der Waals surface area (Å²) in [7, 11) is 0. The predicted molar refractivity (Wildman–Crippen MR) is 66.8 cm³/mol. The van der Waals surface area contributed by atoms with Gasteiger partial charge in [0, 0.05) is 5.69 Å². The Morgan fingerprint density at radius 2 is 1.95 bits per heavy atom. The van der Waals surface area contributed by atoms with Gasteiger partial charge in [0.25, 0.3) is 0 Å². The molecule has 1 rings (SSSR count). The summed E-state index contributed by atoms with van der Waals surface area (Å²) < 4.78 is 54.8. The van der Waals surface area contributed by atoms with Crippen molar-refractivity contribution in [2.45, 2.75) is 32.3 Å². The monoisotopic (exact) mass is 313 g/mol. The van der Waals surface area contributed by atoms with E-state index in [2.05, 4.69) is 0 Å². The molecule has 1 N–H and O–H groups in total. The molecule has 0 bridgehead atoms. The number of amides is 1. The molecule has 8 heteroatoms. The van der Waals surface area contributed by atoms with Gasteiger partial charge in [-0.05, 0) is 32.0 Å². The van der Waals surface area contributed by atoms with Crippen LogP contribution in [-0.4, -0.2) is 24.4 Å². The minimum absolute atomic E-state index is 0.0665. The predicted octanol–water partition coefficient (Wildman–Crippen LogP) is 3.97. The zero-order valence-electron chi connectivity index (χ0n) is 10.6. The summed E-state index contributed by atoms with van der Waals surface area (Å²) in [5, 5.41) is 1.74. The van der Waals surface area contributed by atoms with Gasteiger partial charge in [0.2, 0.25) is 0 Å². The van der Waals surface area contributed by atoms with Gasteiger partial charge in [0.05, 0.1) is 11.1 Å². The van der Waals surface area contributed by atoms with E-state index in [4.69, 9.17) is 16.3 Å². The van der Waals surface area contributed by atoms with Crippen molar-refractivity contribution < 1.29 is 27.1 Å². The molecule has 20 heavy (non-hydrogen) atoms. The summed E-state index contributed by atoms with van der Waals surface area (Å²) in [6, 6.07) is 3.71. The van der Waals surface area contributed by atoms with Crippen molar-refractivity contribution in [3.8, 4) is 5.75 Å². The van der Waals surface area contributed by atoms with E-state index in [0.29, 0.717) is 5.75 Å². The number of halogens is 5. The van der Waals surface area contributed by atoms with Crippen LogP contribution < -0.4 is 10.1 Å². The van der Waals surface area contributed by atoms with Crippen LogP contribution in [0.15, 0.2) is 18.2 Å². The molecule has 1 aromatic carbocycles. The van der Waals surface area contributed by atoms with E-state index in [9.17, 15) is 22.4 Å². The molecule has 0 spiro atoms. The van der Waals surface area contributed by atoms with Gasteiger partial charge in [-0.25, -0.2) is 8.78 Å². The fraction of sp³-hybridized carbons (Fsp3) is 0.417. The number of anilines is 1. The number of hydrogen-bond donors (Lipinski definition) is 1. The number of hydrogen-bond acceptors (Lipinski definition) is 2. The third kappa shape index (κ3) is 4.00. The lowest BCUT2D eigenvalue weighted by Crippen LogP contribution is -2.40. The molecule has 0 saturated carbocycles. The molecule has 0 aliphatic heterocycles. The molecule has 0 aromatic heterocycles. The van der Waals surface area contributed by atoms with Crippen molar-refractivity contribution in [3.05, 3.63) is 23.2 Å². The molecule has 112 valence electrons. The largest absolute Gasteiger partial charge is 0.489 e. The van der Waals surface area contributed by atoms with Crippen molar-refractivity contribution >= 4 is 23.2 Å². The fourth-order valence-electron chi connectivity index (χ4n) is 1.24. The van der Waals surface area contributed by atoms with E-state index >= 15 is 0 Å². The van der Waals surface area contributed by atoms with Gasteiger partial charge in [-0.3, -0.25) is 4.79 Å². The molecule has 0 radical (unpaired) electrons. The molecule has 0 aliphatic rings. The Kier molecular flexibility index (Phi) is 5.21. The lowest BCUT2D eigenvalue weighted by Gasteiger charge is -2.16. The third-order valence-corrected chi connectivity index (χ3v) is 2.42. The van der Waals surface area contributed by atoms with Crippen LogP contribution in [0.2, 0.25) is 5.02 Å². The first-order valence-corrected chi connectivity index (χ1v) is 5.96. The van der Waals surface area contributed by atoms with Crippen LogP contribution in [0.1, 0.15) is 13.8 Å². The maximum Gasteiger partial charge on any atom is 0.383 e. The van der Waals surface area contributed by atoms with Crippen LogP contribution >= 0.6 is 11.6 Å². The van der Waals surface area contributed by atoms with Crippen molar-refractivity contribution in [1.82, 2.24) is 0 Å². The summed E-state index contributed by atoms with van der Waals surface area (Å²) in [6.45, 7) is 3.52. The number of rotatable bonds is 5. The maximum atomic E-state index is 12.8. The highest BCUT2D eigenvalue weighted by molar-refractivity contribution is 6.32. The number of ether oxygens (including phenoxy) is 1. The molecule has 1 aromatic rings. The topological polar surface area (TPSA) is 38.3 Å². The minimum atomic E-state index is -4.76. The molecule has 0 saturated heterocycles. The van der Waals surface area contributed by atoms with Gasteiger partial charge < -0.3 is 10.1 Å². The second kappa shape index (κ2) is 6.30. The number of nitrogens with one attached hydrogen (secondary N) is 1. The molecule has 0 heterocycles. The van der Waals surface area contributed by atoms with Gasteiger partial charge in [-0.15, -0.1) is 0 Å². The lowest BCUT2D eigenvalue weighted by atomic mass is 10.2. The van der Waals surface area contributed by atoms with Crippen LogP contribution in [0.5, 0.6) is 5.75 Å². The summed E-state index contributed by atoms with van der Waals surface area (Å²) in [5.74, 6) is -6.57. The Bertz CT molecular complexity index is 494. The summed E-state index contributed by atoms with van der Waals surface area (Å²) >= 11 is 5.82. The molecule has 3 nitrogen and oxygen atoms in total. The Labute approximate surface area is 117 Å². The summed E-state index contributed by atoms with van der Waals surface area (Å²) in [5.41, 5.74) is -0.128. The van der Waals surface area contributed by atoms with Gasteiger partial charge in [0.1, 0.15) is 5.75 Å². The molecule has 0 atom stereocenters. The zero-order chi connectivity index (χ0) is 15.5. The van der Waals surface area contributed by atoms with Crippen LogP contribution in [0.3, 0.4) is 0 Å². The number of benzene rings is 1. The highest BCUT2D eigenvalue weighted by Crippen LogP contribution is 2.30. The first kappa shape index (κ1) is 16.6. The molecule has 0 aliphatic carbocycles. The van der Waals surface area contributed by atoms with Gasteiger partial charge in [-0.1, -0.05) is 11.6 Å². The Hall–Kier alpha value is -1.50. The summed E-state index contributed by atoms with van der Waals surface area (Å²) in [6.07, 6.45) is -4.24. The normalized spacial score (nSPS) is 11.8. The Balaban J connectivity index is 2.85. The SMILES string of the molecule is CC(C)Oc1ccc(NC(=O)C(F)(F)C(F)F)cc1Cl. The van der Waals surface area contributed by atoms with Crippen molar-refractivity contribution in [2.75, 3.05) is 5.32 Å². The smallest absolute Gasteiger partial charge is 0.383 e. The van der Waals surface area contributed by atoms with E-state index in [1.807, 2.05) is 0 Å². The van der Waals surface area contributed by atoms with E-state index in [1.165, 1.54) is 12.1 Å². The average Bonchev–Trinajstić information content (AvgIpc) is 2.31. The van der Waals surface area contributed by atoms with Gasteiger partial charge >= 0.3 is 18.3 Å². The number of carbonyl (C=O) groups excluding carboxylic acids is 1. The van der Waals surface area contributed by atoms with E-state index in [1.54, 1.807) is 19.2 Å². The second-order valence-corrected chi connectivity index (χ2v) is 4.60. The quantitative estimate of drug-likeness (QED) is 0.835. The first-order valence-electron chi connectivity index (χ1n) is 5.58. The number of alkyl halides is 4. The average molecular weight is 314 g/mol. The Morgan fingerprint density at radius 3 is 2.40 bits per heavy atom. The first-order chi connectivity index (χ1) is 9.14. The molecule has 0 unspecified atom stereocenters. The van der Waals surface area contributed by atoms with E-state index in [-0.39, 0.29) is 16.8 Å². The van der Waals surface area contributed by atoms with Crippen molar-refractivity contribution in [2.24, 2.45) is 0 Å². The highest BCUT2D eigenvalue weighted by atomic mass is 35.5. The zero-order valence-corrected chi connectivity index (χ0v) is 11.3. The Morgan fingerprint density at radius 1 is 1.35 bits per heavy atom. The van der Waals surface area contributed by atoms with Crippen LogP contribution in [0.4, 0.5) is 23.2 Å². The molecule has 1 amide bonds. The molecular weight excluding hydrogens is 302 g/mol. The van der Waals surface area contributed by atoms with E-state index < -0.39 is 18.3 Å². The lowest BCUT2D eigenvalue weighted by molar-refractivity contribution is -0.163. The summed E-state index contributed by atoms with van der Waals surface area (Å²) in [4.78, 5) is 11.0. The highest BCUT2D eigenvalue weighted by Gasteiger charge is 2.48. The molecule has 0 fully saturated rings. The minimum Gasteiger partial charge on any atom is -0.489 e. The van der Waals surface area contributed by atoms with Gasteiger partial charge in [0.15, 0.2) is 0 Å². The number of carbonyl (C=O) groups is 1. The molecular formula is C12H12ClF4NO2. The van der Waals surface area contributed by atoms with Crippen molar-refractivity contribution in [1.29, 1.82) is 0 Å². The van der Waals surface area contributed by atoms with E-state index in [0.717, 1.165) is 6.07 Å². The maximum absolute atomic E-state index is 12.8. The second-order valence-electron chi connectivity index (χ2n) is 4.19.